The minimum Gasteiger partial charge on any atom is -0.493 e. The Kier molecular flexibility index (Phi) is 4.88. The molecule has 2 N–H and O–H groups in total. The molecule has 2 aromatic carbocycles. The second-order valence-electron chi connectivity index (χ2n) is 5.97. The van der Waals surface area contributed by atoms with Gasteiger partial charge in [0.2, 0.25) is 5.95 Å². The first-order valence-electron chi connectivity index (χ1n) is 8.69. The molecular formula is C21H19N5O2. The standard InChI is InChI=1S/C21H19N5O2/c1-27-18-12-16-17(13-19(18)28-2)25-21(24-15-8-10-22-11-9-15)26-20(16)23-14-6-4-3-5-7-14/h3-13H,1-2H3,(H2,22,23,24,25,26). The number of aromatic nitrogens is 3. The molecule has 0 spiro atoms. The van der Waals surface area contributed by atoms with Crippen molar-refractivity contribution in [3.8, 4) is 11.5 Å². The zero-order valence-corrected chi connectivity index (χ0v) is 15.5. The van der Waals surface area contributed by atoms with Gasteiger partial charge in [-0.3, -0.25) is 4.98 Å². The Morgan fingerprint density at radius 2 is 1.43 bits per heavy atom. The molecule has 7 heteroatoms. The van der Waals surface area contributed by atoms with Crippen molar-refractivity contribution in [1.29, 1.82) is 0 Å². The van der Waals surface area contributed by atoms with Crippen LogP contribution in [0, 0.1) is 0 Å². The molecule has 0 unspecified atom stereocenters. The van der Waals surface area contributed by atoms with Gasteiger partial charge in [0.25, 0.3) is 0 Å². The summed E-state index contributed by atoms with van der Waals surface area (Å²) < 4.78 is 10.9. The Bertz CT molecular complexity index is 1090. The van der Waals surface area contributed by atoms with Crippen molar-refractivity contribution >= 4 is 34.0 Å². The van der Waals surface area contributed by atoms with Crippen LogP contribution in [0.5, 0.6) is 11.5 Å². The van der Waals surface area contributed by atoms with E-state index in [0.717, 1.165) is 22.3 Å². The van der Waals surface area contributed by atoms with Crippen LogP contribution in [0.2, 0.25) is 0 Å². The van der Waals surface area contributed by atoms with Crippen LogP contribution in [0.25, 0.3) is 10.9 Å². The largest absolute Gasteiger partial charge is 0.493 e. The minimum atomic E-state index is 0.462. The lowest BCUT2D eigenvalue weighted by molar-refractivity contribution is 0.356. The third kappa shape index (κ3) is 3.64. The predicted octanol–water partition coefficient (Wildman–Crippen LogP) is 4.53. The van der Waals surface area contributed by atoms with Crippen molar-refractivity contribution in [2.45, 2.75) is 0 Å². The summed E-state index contributed by atoms with van der Waals surface area (Å²) in [6.07, 6.45) is 3.42. The maximum atomic E-state index is 5.44. The van der Waals surface area contributed by atoms with Crippen molar-refractivity contribution in [1.82, 2.24) is 15.0 Å². The predicted molar refractivity (Wildman–Crippen MR) is 110 cm³/mol. The first-order valence-corrected chi connectivity index (χ1v) is 8.69. The number of rotatable bonds is 6. The highest BCUT2D eigenvalue weighted by Gasteiger charge is 2.14. The summed E-state index contributed by atoms with van der Waals surface area (Å²) in [5.74, 6) is 2.34. The van der Waals surface area contributed by atoms with E-state index in [1.165, 1.54) is 0 Å². The molecule has 140 valence electrons. The number of para-hydroxylation sites is 1. The van der Waals surface area contributed by atoms with Crippen molar-refractivity contribution in [3.63, 3.8) is 0 Å². The number of benzene rings is 2. The molecule has 4 aromatic rings. The molecule has 2 heterocycles. The summed E-state index contributed by atoms with van der Waals surface area (Å²) in [4.78, 5) is 13.3. The third-order valence-electron chi connectivity index (χ3n) is 4.17. The molecule has 0 aliphatic heterocycles. The second-order valence-corrected chi connectivity index (χ2v) is 5.97. The lowest BCUT2D eigenvalue weighted by Crippen LogP contribution is -2.03. The summed E-state index contributed by atoms with van der Waals surface area (Å²) in [7, 11) is 3.21. The van der Waals surface area contributed by atoms with E-state index in [2.05, 4.69) is 25.6 Å². The molecule has 0 bridgehead atoms. The average Bonchev–Trinajstić information content (AvgIpc) is 2.74. The lowest BCUT2D eigenvalue weighted by Gasteiger charge is -2.14. The SMILES string of the molecule is COc1cc2nc(Nc3ccncc3)nc(Nc3ccccc3)c2cc1OC. The minimum absolute atomic E-state index is 0.462. The fraction of sp³-hybridized carbons (Fsp3) is 0.0952. The highest BCUT2D eigenvalue weighted by molar-refractivity contribution is 5.94. The molecule has 2 aromatic heterocycles. The van der Waals surface area contributed by atoms with Gasteiger partial charge >= 0.3 is 0 Å². The number of ether oxygens (including phenoxy) is 2. The molecule has 0 amide bonds. The van der Waals surface area contributed by atoms with Crippen molar-refractivity contribution in [3.05, 3.63) is 67.0 Å². The quantitative estimate of drug-likeness (QED) is 0.514. The lowest BCUT2D eigenvalue weighted by atomic mass is 10.2. The fourth-order valence-corrected chi connectivity index (χ4v) is 2.83. The number of hydrogen-bond donors (Lipinski definition) is 2. The average molecular weight is 373 g/mol. The van der Waals surface area contributed by atoms with E-state index in [4.69, 9.17) is 9.47 Å². The zero-order chi connectivity index (χ0) is 19.3. The zero-order valence-electron chi connectivity index (χ0n) is 15.5. The first-order chi connectivity index (χ1) is 13.8. The van der Waals surface area contributed by atoms with Crippen LogP contribution in [0.15, 0.2) is 67.0 Å². The van der Waals surface area contributed by atoms with E-state index in [9.17, 15) is 0 Å². The number of nitrogens with one attached hydrogen (secondary N) is 2. The van der Waals surface area contributed by atoms with Crippen LogP contribution in [0.4, 0.5) is 23.1 Å². The fourth-order valence-electron chi connectivity index (χ4n) is 2.83. The van der Waals surface area contributed by atoms with Gasteiger partial charge in [-0.1, -0.05) is 18.2 Å². The van der Waals surface area contributed by atoms with Crippen molar-refractivity contribution in [2.24, 2.45) is 0 Å². The monoisotopic (exact) mass is 373 g/mol. The van der Waals surface area contributed by atoms with Gasteiger partial charge in [0, 0.05) is 35.2 Å². The van der Waals surface area contributed by atoms with Gasteiger partial charge < -0.3 is 20.1 Å². The number of hydrogen-bond acceptors (Lipinski definition) is 7. The van der Waals surface area contributed by atoms with Crippen LogP contribution in [-0.4, -0.2) is 29.2 Å². The van der Waals surface area contributed by atoms with Crippen LogP contribution in [0.3, 0.4) is 0 Å². The van der Waals surface area contributed by atoms with E-state index < -0.39 is 0 Å². The number of nitrogens with zero attached hydrogens (tertiary/aromatic N) is 3. The smallest absolute Gasteiger partial charge is 0.229 e. The molecule has 0 atom stereocenters. The van der Waals surface area contributed by atoms with Crippen molar-refractivity contribution in [2.75, 3.05) is 24.9 Å². The number of anilines is 4. The second kappa shape index (κ2) is 7.79. The Hall–Kier alpha value is -3.87. The van der Waals surface area contributed by atoms with E-state index in [-0.39, 0.29) is 0 Å². The van der Waals surface area contributed by atoms with Gasteiger partial charge in [0.05, 0.1) is 19.7 Å². The maximum Gasteiger partial charge on any atom is 0.229 e. The molecule has 0 radical (unpaired) electrons. The number of fused-ring (bicyclic) bond motifs is 1. The highest BCUT2D eigenvalue weighted by atomic mass is 16.5. The molecular weight excluding hydrogens is 354 g/mol. The Morgan fingerprint density at radius 1 is 0.750 bits per heavy atom. The van der Waals surface area contributed by atoms with Gasteiger partial charge in [-0.05, 0) is 30.3 Å². The molecule has 0 saturated carbocycles. The van der Waals surface area contributed by atoms with Crippen LogP contribution >= 0.6 is 0 Å². The van der Waals surface area contributed by atoms with Gasteiger partial charge in [0.1, 0.15) is 5.82 Å². The Balaban J connectivity index is 1.84. The Morgan fingerprint density at radius 3 is 2.14 bits per heavy atom. The molecule has 0 saturated heterocycles. The normalized spacial score (nSPS) is 10.5. The summed E-state index contributed by atoms with van der Waals surface area (Å²) in [5, 5.41) is 7.40. The van der Waals surface area contributed by atoms with Crippen molar-refractivity contribution < 1.29 is 9.47 Å². The summed E-state index contributed by atoms with van der Waals surface area (Å²) in [5.41, 5.74) is 2.50. The van der Waals surface area contributed by atoms with Gasteiger partial charge in [-0.2, -0.15) is 4.98 Å². The summed E-state index contributed by atoms with van der Waals surface area (Å²) in [6, 6.07) is 17.3. The van der Waals surface area contributed by atoms with E-state index >= 15 is 0 Å². The molecule has 28 heavy (non-hydrogen) atoms. The van der Waals surface area contributed by atoms with E-state index in [0.29, 0.717) is 23.3 Å². The summed E-state index contributed by atoms with van der Waals surface area (Å²) >= 11 is 0. The third-order valence-corrected chi connectivity index (χ3v) is 4.17. The maximum absolute atomic E-state index is 5.44. The van der Waals surface area contributed by atoms with Crippen LogP contribution in [-0.2, 0) is 0 Å². The molecule has 7 nitrogen and oxygen atoms in total. The first kappa shape index (κ1) is 17.5. The molecule has 4 rings (SSSR count). The molecule has 0 aliphatic carbocycles. The topological polar surface area (TPSA) is 81.2 Å². The molecule has 0 aliphatic rings. The summed E-state index contributed by atoms with van der Waals surface area (Å²) in [6.45, 7) is 0. The number of pyridine rings is 1. The van der Waals surface area contributed by atoms with E-state index in [1.807, 2.05) is 54.6 Å². The molecule has 0 fully saturated rings. The van der Waals surface area contributed by atoms with E-state index in [1.54, 1.807) is 26.6 Å². The van der Waals surface area contributed by atoms with Gasteiger partial charge in [-0.25, -0.2) is 4.98 Å². The number of methoxy groups -OCH3 is 2. The highest BCUT2D eigenvalue weighted by Crippen LogP contribution is 2.35. The Labute approximate surface area is 162 Å². The van der Waals surface area contributed by atoms with Gasteiger partial charge in [0.15, 0.2) is 11.5 Å². The van der Waals surface area contributed by atoms with Crippen LogP contribution in [0.1, 0.15) is 0 Å². The van der Waals surface area contributed by atoms with Gasteiger partial charge in [-0.15, -0.1) is 0 Å². The van der Waals surface area contributed by atoms with Crippen LogP contribution < -0.4 is 20.1 Å².